The van der Waals surface area contributed by atoms with E-state index >= 15 is 0 Å². The first kappa shape index (κ1) is 16.2. The van der Waals surface area contributed by atoms with Crippen LogP contribution in [-0.2, 0) is 7.05 Å². The van der Waals surface area contributed by atoms with Crippen LogP contribution in [0.4, 0.5) is 0 Å². The van der Waals surface area contributed by atoms with E-state index in [1.807, 2.05) is 27.8 Å². The number of hydrogen-bond donors (Lipinski definition) is 3. The number of aromatic nitrogens is 4. The number of rotatable bonds is 6. The highest BCUT2D eigenvalue weighted by Crippen LogP contribution is 2.25. The number of carbonyl (C=O) groups is 1. The second-order valence-corrected chi connectivity index (χ2v) is 5.58. The van der Waals surface area contributed by atoms with E-state index in [4.69, 9.17) is 5.11 Å². The first-order chi connectivity index (χ1) is 10.4. The van der Waals surface area contributed by atoms with E-state index in [0.29, 0.717) is 12.1 Å². The van der Waals surface area contributed by atoms with Gasteiger partial charge in [-0.15, -0.1) is 0 Å². The van der Waals surface area contributed by atoms with Gasteiger partial charge in [0.2, 0.25) is 0 Å². The van der Waals surface area contributed by atoms with Crippen molar-refractivity contribution in [3.05, 3.63) is 23.1 Å². The molecule has 0 saturated heterocycles. The molecule has 0 aromatic carbocycles. The largest absolute Gasteiger partial charge is 0.396 e. The predicted molar refractivity (Wildman–Crippen MR) is 83.5 cm³/mol. The Balaban J connectivity index is 2.13. The number of aryl methyl sites for hydroxylation is 2. The van der Waals surface area contributed by atoms with Crippen molar-refractivity contribution in [2.24, 2.45) is 7.05 Å². The van der Waals surface area contributed by atoms with Crippen molar-refractivity contribution >= 4 is 5.91 Å². The van der Waals surface area contributed by atoms with Gasteiger partial charge in [0.05, 0.1) is 11.4 Å². The lowest BCUT2D eigenvalue weighted by Crippen LogP contribution is -2.32. The van der Waals surface area contributed by atoms with E-state index in [1.54, 1.807) is 10.7 Å². The van der Waals surface area contributed by atoms with Crippen LogP contribution in [0.1, 0.15) is 41.6 Å². The number of H-pyrrole nitrogens is 1. The fraction of sp³-hybridized carbons (Fsp3) is 0.533. The number of nitrogens with one attached hydrogen (secondary N) is 2. The molecule has 0 aliphatic carbocycles. The molecule has 0 aliphatic heterocycles. The van der Waals surface area contributed by atoms with E-state index in [-0.39, 0.29) is 18.6 Å². The molecular formula is C15H23N5O2. The second-order valence-electron chi connectivity index (χ2n) is 5.58. The summed E-state index contributed by atoms with van der Waals surface area (Å²) >= 11 is 0. The van der Waals surface area contributed by atoms with Gasteiger partial charge in [0.1, 0.15) is 5.69 Å². The van der Waals surface area contributed by atoms with Crippen molar-refractivity contribution in [3.8, 4) is 11.3 Å². The number of aliphatic hydroxyl groups excluding tert-OH is 1. The Morgan fingerprint density at radius 3 is 2.82 bits per heavy atom. The highest BCUT2D eigenvalue weighted by atomic mass is 16.3. The summed E-state index contributed by atoms with van der Waals surface area (Å²) < 4.78 is 1.80. The van der Waals surface area contributed by atoms with Gasteiger partial charge in [-0.05, 0) is 39.7 Å². The van der Waals surface area contributed by atoms with Crippen LogP contribution < -0.4 is 5.32 Å². The average Bonchev–Trinajstić information content (AvgIpc) is 3.02. The van der Waals surface area contributed by atoms with E-state index in [2.05, 4.69) is 20.6 Å². The van der Waals surface area contributed by atoms with E-state index in [9.17, 15) is 4.79 Å². The van der Waals surface area contributed by atoms with Gasteiger partial charge in [-0.1, -0.05) is 0 Å². The van der Waals surface area contributed by atoms with Crippen molar-refractivity contribution in [1.29, 1.82) is 0 Å². The first-order valence-corrected chi connectivity index (χ1v) is 7.41. The highest BCUT2D eigenvalue weighted by molar-refractivity contribution is 5.93. The van der Waals surface area contributed by atoms with Gasteiger partial charge < -0.3 is 10.4 Å². The molecule has 22 heavy (non-hydrogen) atoms. The van der Waals surface area contributed by atoms with Gasteiger partial charge in [-0.25, -0.2) is 0 Å². The first-order valence-electron chi connectivity index (χ1n) is 7.41. The SMILES string of the molecule is Cc1nn(C)c(C)c1-c1cc(C(=O)NC(C)CCCO)[nH]n1. The van der Waals surface area contributed by atoms with Crippen molar-refractivity contribution in [2.75, 3.05) is 6.61 Å². The molecule has 0 bridgehead atoms. The fourth-order valence-electron chi connectivity index (χ4n) is 2.48. The lowest BCUT2D eigenvalue weighted by Gasteiger charge is -2.11. The zero-order valence-electron chi connectivity index (χ0n) is 13.5. The van der Waals surface area contributed by atoms with Crippen LogP contribution in [0.15, 0.2) is 6.07 Å². The highest BCUT2D eigenvalue weighted by Gasteiger charge is 2.17. The number of carbonyl (C=O) groups excluding carboxylic acids is 1. The van der Waals surface area contributed by atoms with E-state index in [0.717, 1.165) is 29.1 Å². The molecule has 0 radical (unpaired) electrons. The molecule has 0 aliphatic rings. The minimum Gasteiger partial charge on any atom is -0.396 e. The number of aliphatic hydroxyl groups is 1. The topological polar surface area (TPSA) is 95.8 Å². The van der Waals surface area contributed by atoms with E-state index in [1.165, 1.54) is 0 Å². The maximum Gasteiger partial charge on any atom is 0.269 e. The molecule has 0 fully saturated rings. The Labute approximate surface area is 129 Å². The third-order valence-electron chi connectivity index (χ3n) is 3.76. The summed E-state index contributed by atoms with van der Waals surface area (Å²) in [4.78, 5) is 12.2. The van der Waals surface area contributed by atoms with Crippen molar-refractivity contribution in [2.45, 2.75) is 39.7 Å². The molecule has 1 amide bonds. The minimum absolute atomic E-state index is 0.00765. The van der Waals surface area contributed by atoms with Crippen molar-refractivity contribution < 1.29 is 9.90 Å². The van der Waals surface area contributed by atoms with E-state index < -0.39 is 0 Å². The molecule has 2 heterocycles. The monoisotopic (exact) mass is 305 g/mol. The summed E-state index contributed by atoms with van der Waals surface area (Å²) in [5.41, 5.74) is 3.98. The third kappa shape index (κ3) is 3.36. The maximum atomic E-state index is 12.2. The summed E-state index contributed by atoms with van der Waals surface area (Å²) in [6, 6.07) is 1.75. The zero-order chi connectivity index (χ0) is 16.3. The van der Waals surface area contributed by atoms with Crippen LogP contribution in [0.25, 0.3) is 11.3 Å². The number of nitrogens with zero attached hydrogens (tertiary/aromatic N) is 3. The van der Waals surface area contributed by atoms with Crippen LogP contribution in [0, 0.1) is 13.8 Å². The summed E-state index contributed by atoms with van der Waals surface area (Å²) in [6.45, 7) is 5.95. The summed E-state index contributed by atoms with van der Waals surface area (Å²) in [6.07, 6.45) is 1.41. The number of aromatic amines is 1. The molecular weight excluding hydrogens is 282 g/mol. The third-order valence-corrected chi connectivity index (χ3v) is 3.76. The summed E-state index contributed by atoms with van der Waals surface area (Å²) in [7, 11) is 1.88. The van der Waals surface area contributed by atoms with Gasteiger partial charge in [-0.3, -0.25) is 14.6 Å². The Kier molecular flexibility index (Phi) is 4.97. The van der Waals surface area contributed by atoms with Crippen LogP contribution in [0.3, 0.4) is 0 Å². The molecule has 7 heteroatoms. The van der Waals surface area contributed by atoms with Crippen LogP contribution in [-0.4, -0.2) is 43.6 Å². The van der Waals surface area contributed by atoms with Crippen LogP contribution in [0.2, 0.25) is 0 Å². The lowest BCUT2D eigenvalue weighted by molar-refractivity contribution is 0.0931. The number of hydrogen-bond acceptors (Lipinski definition) is 4. The van der Waals surface area contributed by atoms with Gasteiger partial charge >= 0.3 is 0 Å². The zero-order valence-corrected chi connectivity index (χ0v) is 13.5. The second kappa shape index (κ2) is 6.74. The average molecular weight is 305 g/mol. The molecule has 120 valence electrons. The Hall–Kier alpha value is -2.15. The van der Waals surface area contributed by atoms with Crippen LogP contribution >= 0.6 is 0 Å². The van der Waals surface area contributed by atoms with Gasteiger partial charge in [0, 0.05) is 31.0 Å². The molecule has 2 aromatic heterocycles. The molecule has 1 unspecified atom stereocenters. The lowest BCUT2D eigenvalue weighted by atomic mass is 10.1. The van der Waals surface area contributed by atoms with Crippen molar-refractivity contribution in [1.82, 2.24) is 25.3 Å². The normalized spacial score (nSPS) is 12.4. The summed E-state index contributed by atoms with van der Waals surface area (Å²) in [5.74, 6) is -0.191. The van der Waals surface area contributed by atoms with Gasteiger partial charge in [0.15, 0.2) is 0 Å². The van der Waals surface area contributed by atoms with Gasteiger partial charge in [0.25, 0.3) is 5.91 Å². The molecule has 0 saturated carbocycles. The maximum absolute atomic E-state index is 12.2. The molecule has 3 N–H and O–H groups in total. The quantitative estimate of drug-likeness (QED) is 0.750. The standard InChI is InChI=1S/C15H23N5O2/c1-9(6-5-7-21)16-15(22)13-8-12(17-18-13)14-10(2)19-20(4)11(14)3/h8-9,21H,5-7H2,1-4H3,(H,16,22)(H,17,18). The van der Waals surface area contributed by atoms with Crippen LogP contribution in [0.5, 0.6) is 0 Å². The minimum atomic E-state index is -0.191. The molecule has 0 spiro atoms. The molecule has 2 aromatic rings. The summed E-state index contributed by atoms with van der Waals surface area (Å²) in [5, 5.41) is 23.1. The Bertz CT molecular complexity index is 659. The molecule has 2 rings (SSSR count). The van der Waals surface area contributed by atoms with Crippen molar-refractivity contribution in [3.63, 3.8) is 0 Å². The fourth-order valence-corrected chi connectivity index (χ4v) is 2.48. The Morgan fingerprint density at radius 1 is 1.50 bits per heavy atom. The van der Waals surface area contributed by atoms with Gasteiger partial charge in [-0.2, -0.15) is 10.2 Å². The predicted octanol–water partition coefficient (Wildman–Crippen LogP) is 1.32. The molecule has 7 nitrogen and oxygen atoms in total. The smallest absolute Gasteiger partial charge is 0.269 e. The molecule has 1 atom stereocenters. The number of amides is 1. The Morgan fingerprint density at radius 2 is 2.23 bits per heavy atom.